The van der Waals surface area contributed by atoms with Crippen LogP contribution in [0, 0.1) is 18.8 Å². The fourth-order valence-electron chi connectivity index (χ4n) is 7.36. The number of benzene rings is 8. The van der Waals surface area contributed by atoms with E-state index in [2.05, 4.69) is 95.3 Å². The van der Waals surface area contributed by atoms with Gasteiger partial charge >= 0.3 is 20.1 Å². The summed E-state index contributed by atoms with van der Waals surface area (Å²) in [6.07, 6.45) is 0. The van der Waals surface area contributed by atoms with Crippen molar-refractivity contribution < 1.29 is 24.7 Å². The maximum atomic E-state index is 15.8. The molecule has 8 aromatic carbocycles. The molecule has 0 aliphatic carbocycles. The van der Waals surface area contributed by atoms with Crippen molar-refractivity contribution in [1.29, 1.82) is 0 Å². The number of hydrogen-bond acceptors (Lipinski definition) is 4. The molecular weight excluding hydrogens is 920 g/mol. The van der Waals surface area contributed by atoms with Gasteiger partial charge in [0, 0.05) is 44.2 Å². The first-order valence-corrected chi connectivity index (χ1v) is 20.9. The normalized spacial score (nSPS) is 11.9. The van der Waals surface area contributed by atoms with Crippen LogP contribution in [0.4, 0.5) is 22.7 Å². The van der Waals surface area contributed by atoms with Gasteiger partial charge in [-0.3, -0.25) is 0 Å². The summed E-state index contributed by atoms with van der Waals surface area (Å²) in [5.74, 6) is 0. The molecule has 0 atom stereocenters. The summed E-state index contributed by atoms with van der Waals surface area (Å²) in [4.78, 5) is 4.37. The monoisotopic (exact) mass is 958 g/mol. The van der Waals surface area contributed by atoms with Crippen molar-refractivity contribution >= 4 is 45.8 Å². The average molecular weight is 958 g/mol. The molecule has 0 amide bonds. The Morgan fingerprint density at radius 1 is 0.475 bits per heavy atom. The summed E-state index contributed by atoms with van der Waals surface area (Å²) in [5, 5.41) is 7.40. The van der Waals surface area contributed by atoms with Crippen LogP contribution in [0.5, 0.6) is 0 Å². The molecule has 7 heteroatoms. The minimum Gasteiger partial charge on any atom is -0.493 e. The Bertz CT molecular complexity index is 2660. The van der Waals surface area contributed by atoms with Gasteiger partial charge in [0.1, 0.15) is 0 Å². The van der Waals surface area contributed by atoms with E-state index >= 15 is 4.57 Å². The van der Waals surface area contributed by atoms with E-state index in [1.807, 2.05) is 162 Å². The first kappa shape index (κ1) is 39.3. The van der Waals surface area contributed by atoms with Crippen LogP contribution in [-0.4, -0.2) is 9.78 Å². The average Bonchev–Trinajstić information content (AvgIpc) is 3.92. The minimum atomic E-state index is -3.39. The van der Waals surface area contributed by atoms with E-state index in [1.54, 1.807) is 0 Å². The van der Waals surface area contributed by atoms with Crippen LogP contribution in [0.2, 0.25) is 0 Å². The molecule has 9 aromatic rings. The van der Waals surface area contributed by atoms with Crippen molar-refractivity contribution in [3.63, 3.8) is 0 Å². The number of fused-ring (bicyclic) bond motifs is 1. The third-order valence-electron chi connectivity index (χ3n) is 10.0. The summed E-state index contributed by atoms with van der Waals surface area (Å²) < 4.78 is 17.7. The summed E-state index contributed by atoms with van der Waals surface area (Å²) in [5.41, 5.74) is 8.68. The fraction of sp³-hybridized carbons (Fsp3) is 0. The van der Waals surface area contributed by atoms with Crippen LogP contribution >= 0.6 is 7.14 Å². The van der Waals surface area contributed by atoms with Crippen molar-refractivity contribution in [3.8, 4) is 28.2 Å². The molecule has 0 radical (unpaired) electrons. The number of nitrogens with zero attached hydrogens (tertiary/aromatic N) is 4. The van der Waals surface area contributed by atoms with Crippen LogP contribution < -0.4 is 25.7 Å². The molecule has 0 spiro atoms. The number of anilines is 4. The van der Waals surface area contributed by atoms with Crippen LogP contribution in [0.3, 0.4) is 0 Å². The SMILES string of the molecule is O=P(c1ccccc1)(c1ccccc1)c1c(-c2[c-]cccc2)nn(-c2ccccc2)c1-c1ccccc1.[Ir+3].[c-]1ccccc1N1[CH-]N(c2ccccc2)c2ccccc21. The molecule has 10 rings (SSSR count). The Morgan fingerprint density at radius 2 is 0.949 bits per heavy atom. The molecule has 5 nitrogen and oxygen atoms in total. The van der Waals surface area contributed by atoms with Crippen molar-refractivity contribution in [2.24, 2.45) is 0 Å². The maximum absolute atomic E-state index is 15.8. The quantitative estimate of drug-likeness (QED) is 0.112. The molecule has 1 aliphatic heterocycles. The zero-order valence-electron chi connectivity index (χ0n) is 31.9. The summed E-state index contributed by atoms with van der Waals surface area (Å²) in [6.45, 7) is 2.12. The van der Waals surface area contributed by atoms with Crippen LogP contribution in [0.25, 0.3) is 28.2 Å². The van der Waals surface area contributed by atoms with Gasteiger partial charge in [0.2, 0.25) is 0 Å². The van der Waals surface area contributed by atoms with E-state index in [0.29, 0.717) is 11.0 Å². The van der Waals surface area contributed by atoms with Gasteiger partial charge in [-0.25, -0.2) is 9.78 Å². The van der Waals surface area contributed by atoms with Crippen molar-refractivity contribution in [2.45, 2.75) is 0 Å². The zero-order chi connectivity index (χ0) is 39.2. The third kappa shape index (κ3) is 7.87. The largest absolute Gasteiger partial charge is 3.00 e. The first-order chi connectivity index (χ1) is 28.7. The van der Waals surface area contributed by atoms with E-state index in [4.69, 9.17) is 5.10 Å². The third-order valence-corrected chi connectivity index (χ3v) is 13.1. The van der Waals surface area contributed by atoms with E-state index in [-0.39, 0.29) is 20.1 Å². The Labute approximate surface area is 359 Å². The van der Waals surface area contributed by atoms with Crippen LogP contribution in [-0.2, 0) is 24.7 Å². The van der Waals surface area contributed by atoms with Crippen molar-refractivity contribution in [2.75, 3.05) is 9.80 Å². The summed E-state index contributed by atoms with van der Waals surface area (Å²) >= 11 is 0. The number of hydrogen-bond donors (Lipinski definition) is 0. The van der Waals surface area contributed by atoms with Gasteiger partial charge in [-0.1, -0.05) is 140 Å². The topological polar surface area (TPSA) is 41.4 Å². The smallest absolute Gasteiger partial charge is 0.493 e. The predicted molar refractivity (Wildman–Crippen MR) is 239 cm³/mol. The van der Waals surface area contributed by atoms with Gasteiger partial charge in [0.25, 0.3) is 0 Å². The van der Waals surface area contributed by atoms with Crippen LogP contribution in [0.15, 0.2) is 224 Å². The van der Waals surface area contributed by atoms with Gasteiger partial charge in [-0.2, -0.15) is 30.3 Å². The molecule has 0 saturated heterocycles. The number of aromatic nitrogens is 2. The molecule has 59 heavy (non-hydrogen) atoms. The van der Waals surface area contributed by atoms with E-state index < -0.39 is 7.14 Å². The summed E-state index contributed by atoms with van der Waals surface area (Å²) in [6, 6.07) is 80.9. The van der Waals surface area contributed by atoms with Crippen molar-refractivity contribution in [1.82, 2.24) is 9.78 Å². The second-order valence-corrected chi connectivity index (χ2v) is 16.3. The van der Waals surface area contributed by atoms with Crippen molar-refractivity contribution in [3.05, 3.63) is 243 Å². The second kappa shape index (κ2) is 17.9. The van der Waals surface area contributed by atoms with Gasteiger partial charge in [-0.15, -0.1) is 48.3 Å². The zero-order valence-corrected chi connectivity index (χ0v) is 35.2. The Kier molecular flexibility index (Phi) is 11.9. The number of rotatable bonds is 8. The second-order valence-electron chi connectivity index (χ2n) is 13.6. The predicted octanol–water partition coefficient (Wildman–Crippen LogP) is 11.5. The Morgan fingerprint density at radius 3 is 1.49 bits per heavy atom. The molecule has 0 N–H and O–H groups in total. The Hall–Kier alpha value is -6.55. The first-order valence-electron chi connectivity index (χ1n) is 19.2. The molecule has 2 heterocycles. The molecule has 1 aliphatic rings. The van der Waals surface area contributed by atoms with Gasteiger partial charge in [-0.05, 0) is 36.4 Å². The summed E-state index contributed by atoms with van der Waals surface area (Å²) in [7, 11) is -3.39. The van der Waals surface area contributed by atoms with E-state index in [0.717, 1.165) is 44.5 Å². The van der Waals surface area contributed by atoms with Gasteiger partial charge in [0.15, 0.2) is 7.14 Å². The molecule has 1 aromatic heterocycles. The maximum Gasteiger partial charge on any atom is 3.00 e. The Balaban J connectivity index is 0.000000186. The van der Waals surface area contributed by atoms with E-state index in [9.17, 15) is 0 Å². The molecule has 0 fully saturated rings. The number of para-hydroxylation sites is 5. The fourth-order valence-corrected chi connectivity index (χ4v) is 10.3. The van der Waals surface area contributed by atoms with E-state index in [1.165, 1.54) is 11.4 Å². The van der Waals surface area contributed by atoms with Crippen LogP contribution in [0.1, 0.15) is 0 Å². The molecule has 286 valence electrons. The standard InChI is InChI=1S/C33H24N2OP.C19H14N2.Ir/c36-37(29-22-12-4-13-23-29,30-24-14-5-15-25-30)33-31(26-16-6-1-7-17-26)34-35(28-20-10-3-11-21-28)32(33)27-18-8-2-9-19-27;1-3-9-16(10-4-1)20-15-21(17-11-5-2-6-12-17)19-14-8-7-13-18(19)20;/h1-16,18-25H;1-11,13-15H;/q-1;-2;+3. The molecule has 0 saturated carbocycles. The molecular formula is C52H38IrN4OP. The molecule has 0 unspecified atom stereocenters. The molecule has 0 bridgehead atoms. The van der Waals surface area contributed by atoms with Gasteiger partial charge < -0.3 is 14.4 Å². The minimum absolute atomic E-state index is 0. The van der Waals surface area contributed by atoms with Gasteiger partial charge in [0.05, 0.1) is 11.4 Å².